The zero-order valence-electron chi connectivity index (χ0n) is 17.5. The van der Waals surface area contributed by atoms with Crippen molar-refractivity contribution in [3.8, 4) is 22.9 Å². The van der Waals surface area contributed by atoms with Crippen LogP contribution >= 0.6 is 11.8 Å². The number of benzene rings is 1. The molecule has 0 unspecified atom stereocenters. The van der Waals surface area contributed by atoms with Crippen molar-refractivity contribution in [1.82, 2.24) is 19.7 Å². The summed E-state index contributed by atoms with van der Waals surface area (Å²) >= 11 is 1.34. The van der Waals surface area contributed by atoms with Gasteiger partial charge in [-0.15, -0.1) is 10.2 Å². The van der Waals surface area contributed by atoms with E-state index in [1.165, 1.54) is 11.8 Å². The first kappa shape index (κ1) is 21.6. The topological polar surface area (TPSA) is 91.2 Å². The van der Waals surface area contributed by atoms with Crippen molar-refractivity contribution in [1.29, 1.82) is 0 Å². The van der Waals surface area contributed by atoms with Crippen LogP contribution in [0.15, 0.2) is 47.9 Å². The standard InChI is InChI=1S/C21H25N5O3S/c1-14(2)12-26-20(15-7-9-22-10-8-15)24-25-21(26)30-13-19(27)23-17-11-16(28-3)5-6-18(17)29-4/h5-11,14H,12-13H2,1-4H3,(H,23,27). The lowest BCUT2D eigenvalue weighted by Gasteiger charge is -2.13. The van der Waals surface area contributed by atoms with Crippen molar-refractivity contribution in [2.75, 3.05) is 25.3 Å². The first-order valence-corrected chi connectivity index (χ1v) is 10.5. The highest BCUT2D eigenvalue weighted by Crippen LogP contribution is 2.30. The fraction of sp³-hybridized carbons (Fsp3) is 0.333. The summed E-state index contributed by atoms with van der Waals surface area (Å²) in [5, 5.41) is 12.2. The van der Waals surface area contributed by atoms with Crippen molar-refractivity contribution in [2.45, 2.75) is 25.5 Å². The summed E-state index contributed by atoms with van der Waals surface area (Å²) in [6.07, 6.45) is 3.46. The molecule has 0 radical (unpaired) electrons. The third-order valence-corrected chi connectivity index (χ3v) is 5.18. The van der Waals surface area contributed by atoms with Crippen molar-refractivity contribution in [2.24, 2.45) is 5.92 Å². The first-order chi connectivity index (χ1) is 14.5. The van der Waals surface area contributed by atoms with Crippen LogP contribution in [0.1, 0.15) is 13.8 Å². The van der Waals surface area contributed by atoms with Crippen LogP contribution < -0.4 is 14.8 Å². The lowest BCUT2D eigenvalue weighted by atomic mass is 10.2. The van der Waals surface area contributed by atoms with Crippen LogP contribution in [0.4, 0.5) is 5.69 Å². The Balaban J connectivity index is 1.74. The number of nitrogens with one attached hydrogen (secondary N) is 1. The average Bonchev–Trinajstić information content (AvgIpc) is 3.14. The fourth-order valence-corrected chi connectivity index (χ4v) is 3.62. The summed E-state index contributed by atoms with van der Waals surface area (Å²) in [5.41, 5.74) is 1.50. The van der Waals surface area contributed by atoms with E-state index in [2.05, 4.69) is 34.3 Å². The molecule has 9 heteroatoms. The average molecular weight is 428 g/mol. The van der Waals surface area contributed by atoms with Gasteiger partial charge in [0.05, 0.1) is 25.7 Å². The molecule has 1 amide bonds. The molecule has 0 saturated heterocycles. The van der Waals surface area contributed by atoms with Crippen LogP contribution in [0.2, 0.25) is 0 Å². The van der Waals surface area contributed by atoms with E-state index in [4.69, 9.17) is 9.47 Å². The van der Waals surface area contributed by atoms with E-state index < -0.39 is 0 Å². The Morgan fingerprint density at radius 3 is 2.57 bits per heavy atom. The molecule has 3 rings (SSSR count). The van der Waals surface area contributed by atoms with E-state index in [1.54, 1.807) is 44.8 Å². The molecule has 8 nitrogen and oxygen atoms in total. The van der Waals surface area contributed by atoms with E-state index in [9.17, 15) is 4.79 Å². The molecule has 0 bridgehead atoms. The SMILES string of the molecule is COc1ccc(OC)c(NC(=O)CSc2nnc(-c3ccncc3)n2CC(C)C)c1. The number of carbonyl (C=O) groups excluding carboxylic acids is 1. The number of nitrogens with zero attached hydrogens (tertiary/aromatic N) is 4. The molecule has 1 aromatic carbocycles. The van der Waals surface area contributed by atoms with Gasteiger partial charge in [-0.05, 0) is 30.2 Å². The second-order valence-electron chi connectivity index (χ2n) is 6.95. The summed E-state index contributed by atoms with van der Waals surface area (Å²) in [6, 6.07) is 9.05. The van der Waals surface area contributed by atoms with Gasteiger partial charge < -0.3 is 19.4 Å². The molecule has 0 fully saturated rings. The number of thioether (sulfide) groups is 1. The molecular formula is C21H25N5O3S. The van der Waals surface area contributed by atoms with Crippen LogP contribution in [-0.4, -0.2) is 45.6 Å². The lowest BCUT2D eigenvalue weighted by molar-refractivity contribution is -0.113. The zero-order chi connectivity index (χ0) is 21.5. The number of aromatic nitrogens is 4. The van der Waals surface area contributed by atoms with Crippen LogP contribution in [0.3, 0.4) is 0 Å². The summed E-state index contributed by atoms with van der Waals surface area (Å²) in [7, 11) is 3.13. The molecule has 2 aromatic heterocycles. The number of pyridine rings is 1. The quantitative estimate of drug-likeness (QED) is 0.520. The third kappa shape index (κ3) is 5.29. The highest BCUT2D eigenvalue weighted by Gasteiger charge is 2.17. The number of amides is 1. The Bertz CT molecular complexity index is 992. The summed E-state index contributed by atoms with van der Waals surface area (Å²) in [6.45, 7) is 5.01. The molecule has 0 spiro atoms. The zero-order valence-corrected chi connectivity index (χ0v) is 18.3. The number of anilines is 1. The van der Waals surface area contributed by atoms with E-state index in [0.717, 1.165) is 17.9 Å². The Morgan fingerprint density at radius 1 is 1.13 bits per heavy atom. The van der Waals surface area contributed by atoms with Crippen LogP contribution in [0, 0.1) is 5.92 Å². The van der Waals surface area contributed by atoms with Crippen LogP contribution in [0.25, 0.3) is 11.4 Å². The Labute approximate surface area is 180 Å². The van der Waals surface area contributed by atoms with Gasteiger partial charge in [0.1, 0.15) is 11.5 Å². The molecule has 1 N–H and O–H groups in total. The van der Waals surface area contributed by atoms with Crippen molar-refractivity contribution in [3.05, 3.63) is 42.7 Å². The third-order valence-electron chi connectivity index (χ3n) is 4.22. The Kier molecular flexibility index (Phi) is 7.29. The fourth-order valence-electron chi connectivity index (χ4n) is 2.87. The molecule has 0 aliphatic carbocycles. The predicted molar refractivity (Wildman–Crippen MR) is 117 cm³/mol. The van der Waals surface area contributed by atoms with E-state index >= 15 is 0 Å². The normalized spacial score (nSPS) is 10.8. The molecular weight excluding hydrogens is 402 g/mol. The van der Waals surface area contributed by atoms with Gasteiger partial charge in [0.25, 0.3) is 0 Å². The summed E-state index contributed by atoms with van der Waals surface area (Å²) in [4.78, 5) is 16.6. The monoisotopic (exact) mass is 427 g/mol. The smallest absolute Gasteiger partial charge is 0.234 e. The molecule has 3 aromatic rings. The number of ether oxygens (including phenoxy) is 2. The van der Waals surface area contributed by atoms with Gasteiger partial charge in [-0.2, -0.15) is 0 Å². The van der Waals surface area contributed by atoms with Gasteiger partial charge in [0.2, 0.25) is 5.91 Å². The van der Waals surface area contributed by atoms with Crippen LogP contribution in [-0.2, 0) is 11.3 Å². The maximum Gasteiger partial charge on any atom is 0.234 e. The maximum absolute atomic E-state index is 12.6. The van der Waals surface area contributed by atoms with Crippen molar-refractivity contribution >= 4 is 23.4 Å². The molecule has 0 aliphatic heterocycles. The second-order valence-corrected chi connectivity index (χ2v) is 7.89. The van der Waals surface area contributed by atoms with Gasteiger partial charge in [-0.3, -0.25) is 9.78 Å². The number of methoxy groups -OCH3 is 2. The van der Waals surface area contributed by atoms with Gasteiger partial charge >= 0.3 is 0 Å². The number of rotatable bonds is 9. The summed E-state index contributed by atoms with van der Waals surface area (Å²) < 4.78 is 12.6. The van der Waals surface area contributed by atoms with Gasteiger partial charge in [0, 0.05) is 30.6 Å². The minimum atomic E-state index is -0.170. The lowest BCUT2D eigenvalue weighted by Crippen LogP contribution is -2.16. The first-order valence-electron chi connectivity index (χ1n) is 9.50. The Morgan fingerprint density at radius 2 is 1.90 bits per heavy atom. The second kappa shape index (κ2) is 10.1. The molecule has 2 heterocycles. The van der Waals surface area contributed by atoms with E-state index in [1.807, 2.05) is 16.7 Å². The van der Waals surface area contributed by atoms with Gasteiger partial charge in [0.15, 0.2) is 11.0 Å². The molecule has 0 saturated carbocycles. The molecule has 0 aliphatic rings. The van der Waals surface area contributed by atoms with Crippen molar-refractivity contribution in [3.63, 3.8) is 0 Å². The number of carbonyl (C=O) groups is 1. The van der Waals surface area contributed by atoms with E-state index in [-0.39, 0.29) is 11.7 Å². The maximum atomic E-state index is 12.6. The molecule has 30 heavy (non-hydrogen) atoms. The minimum Gasteiger partial charge on any atom is -0.497 e. The van der Waals surface area contributed by atoms with Gasteiger partial charge in [-0.25, -0.2) is 0 Å². The highest BCUT2D eigenvalue weighted by atomic mass is 32.2. The van der Waals surface area contributed by atoms with E-state index in [0.29, 0.717) is 28.3 Å². The van der Waals surface area contributed by atoms with Crippen LogP contribution in [0.5, 0.6) is 11.5 Å². The summed E-state index contributed by atoms with van der Waals surface area (Å²) in [5.74, 6) is 2.39. The number of hydrogen-bond acceptors (Lipinski definition) is 7. The Hall–Kier alpha value is -3.07. The largest absolute Gasteiger partial charge is 0.497 e. The molecule has 158 valence electrons. The van der Waals surface area contributed by atoms with Crippen molar-refractivity contribution < 1.29 is 14.3 Å². The predicted octanol–water partition coefficient (Wildman–Crippen LogP) is 3.74. The highest BCUT2D eigenvalue weighted by molar-refractivity contribution is 7.99. The minimum absolute atomic E-state index is 0.170. The molecule has 0 atom stereocenters. The number of hydrogen-bond donors (Lipinski definition) is 1. The van der Waals surface area contributed by atoms with Gasteiger partial charge in [-0.1, -0.05) is 25.6 Å².